The van der Waals surface area contributed by atoms with E-state index in [0.29, 0.717) is 12.8 Å². The Hall–Kier alpha value is -0.900. The van der Waals surface area contributed by atoms with E-state index in [4.69, 9.17) is 0 Å². The number of nitrogens with one attached hydrogen (secondary N) is 2. The third-order valence-electron chi connectivity index (χ3n) is 2.16. The molecule has 13 heavy (non-hydrogen) atoms. The van der Waals surface area contributed by atoms with Crippen molar-refractivity contribution in [1.29, 1.82) is 0 Å². The minimum Gasteiger partial charge on any atom is -0.306 e. The van der Waals surface area contributed by atoms with Crippen molar-refractivity contribution in [3.05, 3.63) is 0 Å². The van der Waals surface area contributed by atoms with E-state index in [9.17, 15) is 9.59 Å². The van der Waals surface area contributed by atoms with E-state index < -0.39 is 0 Å². The molecule has 1 aliphatic rings. The van der Waals surface area contributed by atoms with Gasteiger partial charge in [-0.1, -0.05) is 13.3 Å². The molecule has 0 radical (unpaired) electrons. The fraction of sp³-hybridized carbons (Fsp3) is 0.778. The molecule has 1 aliphatic heterocycles. The number of hydrogen-bond donors (Lipinski definition) is 2. The molecule has 0 spiro atoms. The molecule has 0 aromatic carbocycles. The monoisotopic (exact) mass is 184 g/mol. The van der Waals surface area contributed by atoms with Gasteiger partial charge < -0.3 is 5.32 Å². The Morgan fingerprint density at radius 2 is 2.31 bits per heavy atom. The minimum absolute atomic E-state index is 0.154. The van der Waals surface area contributed by atoms with E-state index in [1.807, 2.05) is 0 Å². The first-order valence-electron chi connectivity index (χ1n) is 4.81. The summed E-state index contributed by atoms with van der Waals surface area (Å²) in [6.07, 6.45) is 3.27. The quantitative estimate of drug-likeness (QED) is 0.484. The molecule has 1 atom stereocenters. The Morgan fingerprint density at radius 3 is 2.92 bits per heavy atom. The fourth-order valence-corrected chi connectivity index (χ4v) is 1.34. The van der Waals surface area contributed by atoms with E-state index in [0.717, 1.165) is 19.4 Å². The normalized spacial score (nSPS) is 23.0. The van der Waals surface area contributed by atoms with Crippen LogP contribution in [0.2, 0.25) is 0 Å². The molecule has 0 saturated carbocycles. The molecule has 1 heterocycles. The van der Waals surface area contributed by atoms with E-state index in [-0.39, 0.29) is 17.9 Å². The van der Waals surface area contributed by atoms with Gasteiger partial charge in [-0.3, -0.25) is 14.9 Å². The van der Waals surface area contributed by atoms with Crippen molar-refractivity contribution in [2.75, 3.05) is 6.54 Å². The highest BCUT2D eigenvalue weighted by molar-refractivity contribution is 6.00. The molecule has 1 rings (SSSR count). The third-order valence-corrected chi connectivity index (χ3v) is 2.16. The van der Waals surface area contributed by atoms with Crippen LogP contribution in [0.4, 0.5) is 0 Å². The standard InChI is InChI=1S/C9H16N2O2/c1-2-3-6-10-7-4-5-8(12)11-9(7)13/h7,10H,2-6H2,1H3,(H,11,12,13). The SMILES string of the molecule is CCCCNC1CCC(=O)NC1=O. The van der Waals surface area contributed by atoms with Crippen molar-refractivity contribution < 1.29 is 9.59 Å². The Labute approximate surface area is 78.1 Å². The Kier molecular flexibility index (Phi) is 3.89. The predicted octanol–water partition coefficient (Wildman–Crippen LogP) is 0.181. The maximum absolute atomic E-state index is 11.2. The van der Waals surface area contributed by atoms with Gasteiger partial charge in [-0.15, -0.1) is 0 Å². The Bertz CT molecular complexity index is 204. The lowest BCUT2D eigenvalue weighted by Crippen LogP contribution is -2.50. The molecule has 74 valence electrons. The number of carbonyl (C=O) groups is 2. The smallest absolute Gasteiger partial charge is 0.243 e. The van der Waals surface area contributed by atoms with Gasteiger partial charge >= 0.3 is 0 Å². The Balaban J connectivity index is 2.26. The first-order valence-corrected chi connectivity index (χ1v) is 4.81. The highest BCUT2D eigenvalue weighted by Crippen LogP contribution is 2.03. The largest absolute Gasteiger partial charge is 0.306 e. The molecule has 2 N–H and O–H groups in total. The Morgan fingerprint density at radius 1 is 1.54 bits per heavy atom. The lowest BCUT2D eigenvalue weighted by molar-refractivity contribution is -0.134. The van der Waals surface area contributed by atoms with Crippen LogP contribution in [0, 0.1) is 0 Å². The van der Waals surface area contributed by atoms with E-state index >= 15 is 0 Å². The summed E-state index contributed by atoms with van der Waals surface area (Å²) in [5.74, 6) is -0.328. The van der Waals surface area contributed by atoms with Crippen molar-refractivity contribution in [2.24, 2.45) is 0 Å². The van der Waals surface area contributed by atoms with Crippen molar-refractivity contribution in [1.82, 2.24) is 10.6 Å². The summed E-state index contributed by atoms with van der Waals surface area (Å²) < 4.78 is 0. The van der Waals surface area contributed by atoms with Gasteiger partial charge in [0.05, 0.1) is 6.04 Å². The highest BCUT2D eigenvalue weighted by atomic mass is 16.2. The molecule has 0 aliphatic carbocycles. The molecule has 1 unspecified atom stereocenters. The lowest BCUT2D eigenvalue weighted by Gasteiger charge is -2.21. The predicted molar refractivity (Wildman–Crippen MR) is 49.1 cm³/mol. The van der Waals surface area contributed by atoms with Gasteiger partial charge in [0.2, 0.25) is 11.8 Å². The van der Waals surface area contributed by atoms with Crippen molar-refractivity contribution in [2.45, 2.75) is 38.6 Å². The van der Waals surface area contributed by atoms with Gasteiger partial charge in [0, 0.05) is 6.42 Å². The van der Waals surface area contributed by atoms with E-state index in [2.05, 4.69) is 17.6 Å². The zero-order valence-corrected chi connectivity index (χ0v) is 7.93. The van der Waals surface area contributed by atoms with Crippen LogP contribution in [0.1, 0.15) is 32.6 Å². The van der Waals surface area contributed by atoms with Crippen LogP contribution in [0.5, 0.6) is 0 Å². The van der Waals surface area contributed by atoms with Gasteiger partial charge in [-0.2, -0.15) is 0 Å². The van der Waals surface area contributed by atoms with Crippen molar-refractivity contribution >= 4 is 11.8 Å². The number of unbranched alkanes of at least 4 members (excludes halogenated alkanes) is 1. The molecule has 4 nitrogen and oxygen atoms in total. The summed E-state index contributed by atoms with van der Waals surface area (Å²) in [6, 6.07) is -0.163. The molecule has 0 aromatic heterocycles. The average Bonchev–Trinajstić information content (AvgIpc) is 2.09. The van der Waals surface area contributed by atoms with Crippen LogP contribution in [0.25, 0.3) is 0 Å². The second-order valence-electron chi connectivity index (χ2n) is 3.31. The highest BCUT2D eigenvalue weighted by Gasteiger charge is 2.25. The zero-order chi connectivity index (χ0) is 9.68. The van der Waals surface area contributed by atoms with Gasteiger partial charge in [0.1, 0.15) is 0 Å². The number of piperidine rings is 1. The number of rotatable bonds is 4. The average molecular weight is 184 g/mol. The zero-order valence-electron chi connectivity index (χ0n) is 7.93. The van der Waals surface area contributed by atoms with Gasteiger partial charge in [0.15, 0.2) is 0 Å². The minimum atomic E-state index is -0.174. The van der Waals surface area contributed by atoms with Crippen LogP contribution >= 0.6 is 0 Å². The summed E-state index contributed by atoms with van der Waals surface area (Å²) in [7, 11) is 0. The lowest BCUT2D eigenvalue weighted by atomic mass is 10.1. The van der Waals surface area contributed by atoms with Crippen LogP contribution in [0.15, 0.2) is 0 Å². The summed E-state index contributed by atoms with van der Waals surface area (Å²) in [6.45, 7) is 2.95. The summed E-state index contributed by atoms with van der Waals surface area (Å²) in [4.78, 5) is 22.0. The molecular formula is C9H16N2O2. The molecule has 4 heteroatoms. The summed E-state index contributed by atoms with van der Waals surface area (Å²) in [5, 5.41) is 5.44. The first kappa shape index (κ1) is 10.2. The van der Waals surface area contributed by atoms with E-state index in [1.54, 1.807) is 0 Å². The van der Waals surface area contributed by atoms with E-state index in [1.165, 1.54) is 0 Å². The molecule has 0 aromatic rings. The van der Waals surface area contributed by atoms with Crippen LogP contribution in [-0.2, 0) is 9.59 Å². The maximum atomic E-state index is 11.2. The van der Waals surface area contributed by atoms with Gasteiger partial charge in [-0.05, 0) is 19.4 Å². The molecule has 2 amide bonds. The van der Waals surface area contributed by atoms with Crippen LogP contribution in [0.3, 0.4) is 0 Å². The van der Waals surface area contributed by atoms with Gasteiger partial charge in [0.25, 0.3) is 0 Å². The maximum Gasteiger partial charge on any atom is 0.243 e. The summed E-state index contributed by atoms with van der Waals surface area (Å²) >= 11 is 0. The number of carbonyl (C=O) groups excluding carboxylic acids is 2. The molecule has 0 bridgehead atoms. The van der Waals surface area contributed by atoms with Crippen molar-refractivity contribution in [3.63, 3.8) is 0 Å². The van der Waals surface area contributed by atoms with Crippen LogP contribution < -0.4 is 10.6 Å². The topological polar surface area (TPSA) is 58.2 Å². The van der Waals surface area contributed by atoms with Crippen LogP contribution in [-0.4, -0.2) is 24.4 Å². The van der Waals surface area contributed by atoms with Crippen molar-refractivity contribution in [3.8, 4) is 0 Å². The first-order chi connectivity index (χ1) is 6.24. The fourth-order valence-electron chi connectivity index (χ4n) is 1.34. The second kappa shape index (κ2) is 4.97. The number of hydrogen-bond acceptors (Lipinski definition) is 3. The number of imide groups is 1. The molecule has 1 fully saturated rings. The summed E-state index contributed by atoms with van der Waals surface area (Å²) in [5.41, 5.74) is 0. The molecule has 1 saturated heterocycles. The van der Waals surface area contributed by atoms with Gasteiger partial charge in [-0.25, -0.2) is 0 Å². The number of amides is 2. The molecular weight excluding hydrogens is 168 g/mol. The third kappa shape index (κ3) is 3.14. The second-order valence-corrected chi connectivity index (χ2v) is 3.31.